The molecule has 0 spiro atoms. The van der Waals surface area contributed by atoms with Gasteiger partial charge in [0.15, 0.2) is 0 Å². The van der Waals surface area contributed by atoms with Gasteiger partial charge >= 0.3 is 0 Å². The molecule has 5 amide bonds. The number of aromatic nitrogens is 2. The standard InChI is InChI=1S/C47H60Cl2N8O8/c1-29-24-51-43(58)22-36(20-31-10-15-34(48)16-11-31)55(6)46(61)38(28-63-8)52-45(60)30(2)57(44(59)23-41(64-9)47(62)54(29)5)26-33-12-17-35(49)21-40(33)65-37-18-13-32(14-19-37)39-25-50-42(56(39)7)27-53(3)4/h10-19,21,25,29-30,36,38,41H,20,22-24,26-28H2,1-9H3,(H,51,58)(H,52,60)/t29-,30-,36-,38-,41+/m0/s1. The van der Waals surface area contributed by atoms with E-state index < -0.39 is 60.3 Å². The third-order valence-electron chi connectivity index (χ3n) is 11.6. The SMILES string of the molecule is COC[C@@H]1NC(=O)[C@H](C)N(Cc2ccc(Cl)cc2Oc2ccc(-c3cnc(CN(C)C)n3C)cc2)C(=O)C[C@@H](OC)C(=O)N(C)[C@@H](C)CNC(=O)C[C@H](Cc2ccc(Cl)cc2)N(C)C1=O. The average Bonchev–Trinajstić information content (AvgIpc) is 3.64. The molecule has 1 aliphatic rings. The summed E-state index contributed by atoms with van der Waals surface area (Å²) in [5, 5.41) is 6.60. The van der Waals surface area contributed by atoms with Crippen molar-refractivity contribution >= 4 is 52.7 Å². The lowest BCUT2D eigenvalue weighted by Crippen LogP contribution is -2.57. The zero-order chi connectivity index (χ0) is 47.5. The van der Waals surface area contributed by atoms with Crippen LogP contribution in [0, 0.1) is 0 Å². The highest BCUT2D eigenvalue weighted by Gasteiger charge is 2.36. The van der Waals surface area contributed by atoms with Crippen molar-refractivity contribution in [2.45, 2.75) is 76.5 Å². The maximum atomic E-state index is 14.5. The van der Waals surface area contributed by atoms with Gasteiger partial charge in [-0.25, -0.2) is 4.98 Å². The number of rotatable bonds is 12. The van der Waals surface area contributed by atoms with Gasteiger partial charge in [0, 0.05) is 81.6 Å². The summed E-state index contributed by atoms with van der Waals surface area (Å²) in [6.45, 7) is 3.71. The van der Waals surface area contributed by atoms with Crippen LogP contribution in [0.2, 0.25) is 10.0 Å². The molecular formula is C47H60Cl2N8O8. The van der Waals surface area contributed by atoms with E-state index in [0.717, 1.165) is 22.6 Å². The summed E-state index contributed by atoms with van der Waals surface area (Å²) in [5.74, 6) is -0.878. The van der Waals surface area contributed by atoms with Crippen LogP contribution in [-0.4, -0.2) is 145 Å². The molecule has 1 aliphatic heterocycles. The molecule has 2 heterocycles. The number of hydrogen-bond donors (Lipinski definition) is 2. The average molecular weight is 936 g/mol. The Hall–Kier alpha value is -5.52. The van der Waals surface area contributed by atoms with E-state index in [9.17, 15) is 24.0 Å². The van der Waals surface area contributed by atoms with Crippen LogP contribution in [0.15, 0.2) is 72.9 Å². The molecule has 1 aromatic heterocycles. The van der Waals surface area contributed by atoms with Crippen LogP contribution in [0.4, 0.5) is 0 Å². The number of nitrogens with one attached hydrogen (secondary N) is 2. The molecule has 16 nitrogen and oxygen atoms in total. The number of nitrogens with zero attached hydrogens (tertiary/aromatic N) is 6. The molecule has 2 N–H and O–H groups in total. The summed E-state index contributed by atoms with van der Waals surface area (Å²) in [6, 6.07) is 16.0. The van der Waals surface area contributed by atoms with Crippen LogP contribution < -0.4 is 15.4 Å². The number of methoxy groups -OCH3 is 2. The number of carbonyl (C=O) groups excluding carboxylic acids is 5. The van der Waals surface area contributed by atoms with Gasteiger partial charge in [-0.15, -0.1) is 0 Å². The van der Waals surface area contributed by atoms with Crippen LogP contribution in [0.5, 0.6) is 11.5 Å². The zero-order valence-corrected chi connectivity index (χ0v) is 40.0. The van der Waals surface area contributed by atoms with Crippen molar-refractivity contribution in [2.75, 3.05) is 55.6 Å². The van der Waals surface area contributed by atoms with E-state index >= 15 is 0 Å². The molecule has 1 fully saturated rings. The lowest BCUT2D eigenvalue weighted by molar-refractivity contribution is -0.151. The van der Waals surface area contributed by atoms with Crippen LogP contribution in [0.3, 0.4) is 0 Å². The van der Waals surface area contributed by atoms with Crippen LogP contribution >= 0.6 is 23.2 Å². The summed E-state index contributed by atoms with van der Waals surface area (Å²) in [5.41, 5.74) is 3.19. The summed E-state index contributed by atoms with van der Waals surface area (Å²) in [6.07, 6.45) is 0.373. The van der Waals surface area contributed by atoms with E-state index in [2.05, 4.69) is 15.6 Å². The Morgan fingerprint density at radius 3 is 2.17 bits per heavy atom. The normalized spacial score (nSPS) is 21.0. The zero-order valence-electron chi connectivity index (χ0n) is 38.5. The maximum absolute atomic E-state index is 14.5. The largest absolute Gasteiger partial charge is 0.457 e. The van der Waals surface area contributed by atoms with Gasteiger partial charge in [0.2, 0.25) is 23.6 Å². The maximum Gasteiger partial charge on any atom is 0.252 e. The summed E-state index contributed by atoms with van der Waals surface area (Å²) < 4.78 is 19.5. The number of halogens is 2. The van der Waals surface area contributed by atoms with Gasteiger partial charge in [0.05, 0.1) is 38.0 Å². The van der Waals surface area contributed by atoms with E-state index in [0.29, 0.717) is 40.1 Å². The minimum absolute atomic E-state index is 0.0831. The molecule has 65 heavy (non-hydrogen) atoms. The number of hydrogen-bond acceptors (Lipinski definition) is 10. The number of imidazole rings is 1. The monoisotopic (exact) mass is 934 g/mol. The molecule has 4 aromatic rings. The second-order valence-corrected chi connectivity index (χ2v) is 17.5. The second-order valence-electron chi connectivity index (χ2n) is 16.6. The van der Waals surface area contributed by atoms with Crippen molar-refractivity contribution in [1.82, 2.24) is 39.8 Å². The van der Waals surface area contributed by atoms with E-state index in [1.54, 1.807) is 51.4 Å². The van der Waals surface area contributed by atoms with Crippen LogP contribution in [-0.2, 0) is 60.0 Å². The first-order valence-corrected chi connectivity index (χ1v) is 22.0. The minimum Gasteiger partial charge on any atom is -0.457 e. The van der Waals surface area contributed by atoms with E-state index in [1.165, 1.54) is 35.8 Å². The van der Waals surface area contributed by atoms with Crippen molar-refractivity contribution in [3.05, 3.63) is 99.9 Å². The molecule has 0 saturated carbocycles. The summed E-state index contributed by atoms with van der Waals surface area (Å²) >= 11 is 12.7. The van der Waals surface area contributed by atoms with Gasteiger partial charge in [-0.05, 0) is 88.5 Å². The fourth-order valence-electron chi connectivity index (χ4n) is 7.46. The fraction of sp³-hybridized carbons (Fsp3) is 0.447. The number of carbonyl (C=O) groups is 5. The Labute approximate surface area is 391 Å². The quantitative estimate of drug-likeness (QED) is 0.199. The highest BCUT2D eigenvalue weighted by Crippen LogP contribution is 2.32. The Kier molecular flexibility index (Phi) is 17.9. The molecule has 1 saturated heterocycles. The molecular weight excluding hydrogens is 875 g/mol. The Morgan fingerprint density at radius 2 is 1.52 bits per heavy atom. The van der Waals surface area contributed by atoms with Crippen molar-refractivity contribution in [3.63, 3.8) is 0 Å². The smallest absolute Gasteiger partial charge is 0.252 e. The lowest BCUT2D eigenvalue weighted by Gasteiger charge is -2.35. The highest BCUT2D eigenvalue weighted by molar-refractivity contribution is 6.31. The van der Waals surface area contributed by atoms with E-state index in [-0.39, 0.29) is 32.0 Å². The Bertz CT molecular complexity index is 2290. The van der Waals surface area contributed by atoms with E-state index in [4.69, 9.17) is 37.4 Å². The first kappa shape index (κ1) is 50.5. The van der Waals surface area contributed by atoms with Gasteiger partial charge in [0.1, 0.15) is 35.5 Å². The fourth-order valence-corrected chi connectivity index (χ4v) is 7.75. The number of likely N-dealkylation sites (N-methyl/N-ethyl adjacent to an activating group) is 2. The summed E-state index contributed by atoms with van der Waals surface area (Å²) in [4.78, 5) is 81.3. The number of amides is 5. The molecule has 0 bridgehead atoms. The molecule has 0 aliphatic carbocycles. The Morgan fingerprint density at radius 1 is 0.846 bits per heavy atom. The minimum atomic E-state index is -1.24. The van der Waals surface area contributed by atoms with Crippen LogP contribution in [0.1, 0.15) is 43.6 Å². The first-order chi connectivity index (χ1) is 30.9. The molecule has 0 unspecified atom stereocenters. The molecule has 5 rings (SSSR count). The predicted octanol–water partition coefficient (Wildman–Crippen LogP) is 4.94. The molecule has 3 aromatic carbocycles. The lowest BCUT2D eigenvalue weighted by atomic mass is 10.0. The molecule has 350 valence electrons. The van der Waals surface area contributed by atoms with Crippen molar-refractivity contribution < 1.29 is 38.2 Å². The molecule has 5 atom stereocenters. The van der Waals surface area contributed by atoms with Gasteiger partial charge in [-0.1, -0.05) is 41.4 Å². The number of ether oxygens (including phenoxy) is 3. The van der Waals surface area contributed by atoms with E-state index in [1.807, 2.05) is 73.2 Å². The number of benzene rings is 3. The van der Waals surface area contributed by atoms with Crippen molar-refractivity contribution in [2.24, 2.45) is 7.05 Å². The van der Waals surface area contributed by atoms with Gasteiger partial charge in [0.25, 0.3) is 5.91 Å². The van der Waals surface area contributed by atoms with Crippen LogP contribution in [0.25, 0.3) is 11.3 Å². The van der Waals surface area contributed by atoms with Gasteiger partial charge in [-0.3, -0.25) is 24.0 Å². The van der Waals surface area contributed by atoms with Crippen molar-refractivity contribution in [3.8, 4) is 22.8 Å². The van der Waals surface area contributed by atoms with Gasteiger partial charge in [-0.2, -0.15) is 0 Å². The predicted molar refractivity (Wildman–Crippen MR) is 248 cm³/mol. The Balaban J connectivity index is 1.48. The second kappa shape index (κ2) is 23.1. The first-order valence-electron chi connectivity index (χ1n) is 21.3. The third kappa shape index (κ3) is 13.3. The molecule has 0 radical (unpaired) electrons. The molecule has 18 heteroatoms. The van der Waals surface area contributed by atoms with Crippen molar-refractivity contribution in [1.29, 1.82) is 0 Å². The highest BCUT2D eigenvalue weighted by atomic mass is 35.5. The van der Waals surface area contributed by atoms with Gasteiger partial charge < -0.3 is 49.0 Å². The summed E-state index contributed by atoms with van der Waals surface area (Å²) in [7, 11) is 11.8. The third-order valence-corrected chi connectivity index (χ3v) is 12.1. The topological polar surface area (TPSA) is 168 Å².